The molecule has 99 heavy (non-hydrogen) atoms. The number of furan rings is 1. The van der Waals surface area contributed by atoms with Gasteiger partial charge in [-0.2, -0.15) is 0 Å². The van der Waals surface area contributed by atoms with E-state index < -0.39 is 0 Å². The first-order chi connectivity index (χ1) is 47.8. The molecule has 2 heterocycles. The molecule has 486 valence electrons. The van der Waals surface area contributed by atoms with E-state index in [2.05, 4.69) is 350 Å². The van der Waals surface area contributed by atoms with E-state index in [9.17, 15) is 0 Å². The van der Waals surface area contributed by atoms with Crippen molar-refractivity contribution in [3.05, 3.63) is 359 Å². The van der Waals surface area contributed by atoms with Gasteiger partial charge in [-0.3, -0.25) is 0 Å². The van der Waals surface area contributed by atoms with Gasteiger partial charge in [0.05, 0.1) is 0 Å². The van der Waals surface area contributed by atoms with Crippen molar-refractivity contribution in [2.24, 2.45) is 0 Å². The third kappa shape index (κ3) is 10.9. The summed E-state index contributed by atoms with van der Waals surface area (Å²) in [5.41, 5.74) is 28.3. The SMILES string of the molecule is CC1(C)c2ccccc2-c2cc3c(cc21)C(C)(C)c1ccccc1-3.CC1(C)c2ccccc2-c2ccccc21.CC1(C)c2ccccc2-c2ccccc2C1(C)C.Cc1c(C)c2ccccc2c2ccccc12.c1ccc2c(c1)oc1ccccc12.c1ccc2c(c1)sc1ccccc12. The van der Waals surface area contributed by atoms with Crippen LogP contribution in [0, 0.1) is 13.8 Å². The lowest BCUT2D eigenvalue weighted by Gasteiger charge is -2.48. The van der Waals surface area contributed by atoms with Gasteiger partial charge in [-0.05, 0) is 177 Å². The van der Waals surface area contributed by atoms with Gasteiger partial charge in [-0.15, -0.1) is 11.3 Å². The van der Waals surface area contributed by atoms with Gasteiger partial charge in [0.15, 0.2) is 0 Å². The van der Waals surface area contributed by atoms with Crippen molar-refractivity contribution >= 4 is 75.0 Å². The molecule has 0 aliphatic heterocycles. The third-order valence-corrected chi connectivity index (χ3v) is 24.1. The van der Waals surface area contributed by atoms with Gasteiger partial charge >= 0.3 is 0 Å². The second kappa shape index (κ2) is 25.2. The Kier molecular flexibility index (Phi) is 16.4. The molecule has 0 N–H and O–H groups in total. The van der Waals surface area contributed by atoms with Gasteiger partial charge in [-0.25, -0.2) is 0 Å². The monoisotopic (exact) mass is 1300 g/mol. The van der Waals surface area contributed by atoms with Crippen LogP contribution in [-0.2, 0) is 27.1 Å². The average Bonchev–Trinajstić information content (AvgIpc) is 1.70. The predicted molar refractivity (Wildman–Crippen MR) is 427 cm³/mol. The quantitative estimate of drug-likeness (QED) is 0.138. The van der Waals surface area contributed by atoms with E-state index >= 15 is 0 Å². The second-order valence-electron chi connectivity index (χ2n) is 29.9. The van der Waals surface area contributed by atoms with Gasteiger partial charge in [-0.1, -0.05) is 342 Å². The molecular formula is C97H86OS. The molecule has 4 aliphatic carbocycles. The molecule has 0 radical (unpaired) electrons. The number of hydrogen-bond donors (Lipinski definition) is 0. The Morgan fingerprint density at radius 2 is 0.455 bits per heavy atom. The fraction of sp³-hybridized carbons (Fsp3) is 0.175. The maximum absolute atomic E-state index is 5.65. The Labute approximate surface area is 589 Å². The standard InChI is InChI=1S/C24H22.C18H20.C16H14.C15H14.C12H8O.C12H8S/c1-23(2)19-11-7-5-9-15(19)17-13-18-16-10-6-8-12-20(16)24(3,4)22(18)14-21(17)23;1-17(2)15-11-7-5-9-13(15)14-10-6-8-12-16(14)18(17,3)4;1-11-12(2)14-8-4-6-10-16(14)15-9-5-3-7-13(11)15;1-15(2)13-9-5-3-7-11(13)12-8-4-6-10-14(12)15;2*1-3-7-11-9(5-1)10-6-2-4-8-12(10)13-11/h5-14H,1-4H3;5-12H,1-4H3;3-10H,1-2H3;3-10H,1-2H3;2*1-8H. The number of fused-ring (bicyclic) bond motifs is 21. The number of hydrogen-bond acceptors (Lipinski definition) is 2. The van der Waals surface area contributed by atoms with Gasteiger partial charge in [0.25, 0.3) is 0 Å². The van der Waals surface area contributed by atoms with E-state index in [0.717, 1.165) is 11.2 Å². The number of thiophene rings is 1. The normalized spacial score (nSPS) is 14.9. The zero-order valence-corrected chi connectivity index (χ0v) is 60.0. The number of rotatable bonds is 0. The van der Waals surface area contributed by atoms with E-state index in [1.54, 1.807) is 0 Å². The second-order valence-corrected chi connectivity index (χ2v) is 31.0. The lowest BCUT2D eigenvalue weighted by molar-refractivity contribution is 0.299. The first-order valence-electron chi connectivity index (χ1n) is 35.1. The van der Waals surface area contributed by atoms with Crippen LogP contribution in [0.4, 0.5) is 0 Å². The van der Waals surface area contributed by atoms with Crippen LogP contribution in [0.2, 0.25) is 0 Å². The summed E-state index contributed by atoms with van der Waals surface area (Å²) >= 11 is 1.86. The number of para-hydroxylation sites is 2. The van der Waals surface area contributed by atoms with Gasteiger partial charge in [0.1, 0.15) is 11.2 Å². The van der Waals surface area contributed by atoms with Crippen molar-refractivity contribution < 1.29 is 4.42 Å². The molecule has 2 aromatic heterocycles. The van der Waals surface area contributed by atoms with Crippen LogP contribution in [0.1, 0.15) is 125 Å². The van der Waals surface area contributed by atoms with Crippen molar-refractivity contribution in [2.45, 2.75) is 110 Å². The molecule has 0 unspecified atom stereocenters. The first-order valence-corrected chi connectivity index (χ1v) is 36.0. The van der Waals surface area contributed by atoms with E-state index in [1.165, 1.54) is 153 Å². The van der Waals surface area contributed by atoms with E-state index in [0.29, 0.717) is 0 Å². The summed E-state index contributed by atoms with van der Waals surface area (Å²) in [7, 11) is 0. The number of benzene rings is 14. The Bertz CT molecular complexity index is 5310. The van der Waals surface area contributed by atoms with Crippen molar-refractivity contribution in [3.8, 4) is 44.5 Å². The average molecular weight is 1300 g/mol. The van der Waals surface area contributed by atoms with Crippen LogP contribution in [-0.4, -0.2) is 0 Å². The molecule has 14 aromatic carbocycles. The largest absolute Gasteiger partial charge is 0.456 e. The molecule has 0 saturated carbocycles. The van der Waals surface area contributed by atoms with Gasteiger partial charge in [0.2, 0.25) is 0 Å². The van der Waals surface area contributed by atoms with Gasteiger partial charge in [0, 0.05) is 47.2 Å². The lowest BCUT2D eigenvalue weighted by atomic mass is 9.55. The summed E-state index contributed by atoms with van der Waals surface area (Å²) in [6.07, 6.45) is 0. The van der Waals surface area contributed by atoms with Crippen LogP contribution >= 0.6 is 11.3 Å². The molecule has 0 amide bonds. The first kappa shape index (κ1) is 64.6. The summed E-state index contributed by atoms with van der Waals surface area (Å²) in [6.45, 7) is 27.9. The topological polar surface area (TPSA) is 13.1 Å². The smallest absolute Gasteiger partial charge is 0.135 e. The molecule has 0 saturated heterocycles. The molecule has 4 aliphatic rings. The maximum atomic E-state index is 5.65. The highest BCUT2D eigenvalue weighted by molar-refractivity contribution is 7.25. The molecule has 0 spiro atoms. The number of aryl methyl sites for hydroxylation is 2. The molecule has 20 rings (SSSR count). The van der Waals surface area contributed by atoms with E-state index in [-0.39, 0.29) is 27.1 Å². The van der Waals surface area contributed by atoms with Crippen molar-refractivity contribution in [3.63, 3.8) is 0 Å². The fourth-order valence-corrected chi connectivity index (χ4v) is 17.7. The van der Waals surface area contributed by atoms with Crippen LogP contribution in [0.15, 0.2) is 308 Å². The minimum atomic E-state index is 0.0752. The predicted octanol–water partition coefficient (Wildman–Crippen LogP) is 27.5. The lowest BCUT2D eigenvalue weighted by Crippen LogP contribution is -2.43. The van der Waals surface area contributed by atoms with Crippen LogP contribution in [0.3, 0.4) is 0 Å². The maximum Gasteiger partial charge on any atom is 0.135 e. The highest BCUT2D eigenvalue weighted by Crippen LogP contribution is 2.57. The minimum Gasteiger partial charge on any atom is -0.456 e. The van der Waals surface area contributed by atoms with Crippen molar-refractivity contribution in [1.29, 1.82) is 0 Å². The molecule has 2 heteroatoms. The highest BCUT2D eigenvalue weighted by atomic mass is 32.1. The van der Waals surface area contributed by atoms with Crippen molar-refractivity contribution in [1.82, 2.24) is 0 Å². The molecule has 1 nitrogen and oxygen atoms in total. The Hall–Kier alpha value is -10.4. The Morgan fingerprint density at radius 3 is 0.808 bits per heavy atom. The van der Waals surface area contributed by atoms with Crippen molar-refractivity contribution in [2.75, 3.05) is 0 Å². The van der Waals surface area contributed by atoms with E-state index in [1.807, 2.05) is 47.7 Å². The molecule has 0 bridgehead atoms. The molecule has 0 atom stereocenters. The molecule has 0 fully saturated rings. The summed E-state index contributed by atoms with van der Waals surface area (Å²) in [4.78, 5) is 0. The van der Waals surface area contributed by atoms with Gasteiger partial charge < -0.3 is 4.42 Å². The highest BCUT2D eigenvalue weighted by Gasteiger charge is 2.46. The zero-order chi connectivity index (χ0) is 68.6. The zero-order valence-electron chi connectivity index (χ0n) is 59.2. The van der Waals surface area contributed by atoms with Crippen LogP contribution in [0.5, 0.6) is 0 Å². The molecular weight excluding hydrogens is 1210 g/mol. The van der Waals surface area contributed by atoms with Crippen LogP contribution < -0.4 is 0 Å². The summed E-state index contributed by atoms with van der Waals surface area (Å²) < 4.78 is 8.41. The Balaban J connectivity index is 0.0000000981. The van der Waals surface area contributed by atoms with E-state index in [4.69, 9.17) is 4.42 Å². The Morgan fingerprint density at radius 1 is 0.212 bits per heavy atom. The van der Waals surface area contributed by atoms with Crippen LogP contribution in [0.25, 0.3) is 108 Å². The summed E-state index contributed by atoms with van der Waals surface area (Å²) in [5, 5.41) is 10.6. The summed E-state index contributed by atoms with van der Waals surface area (Å²) in [6, 6.07) is 109. The minimum absolute atomic E-state index is 0.0752. The molecule has 16 aromatic rings. The fourth-order valence-electron chi connectivity index (χ4n) is 16.6. The third-order valence-electron chi connectivity index (χ3n) is 22.9. The summed E-state index contributed by atoms with van der Waals surface area (Å²) in [5.74, 6) is 0.